The molecule has 0 fully saturated rings. The lowest BCUT2D eigenvalue weighted by Gasteiger charge is -2.00. The molecule has 2 heterocycles. The number of aromatic carboxylic acids is 1. The first kappa shape index (κ1) is 12.1. The van der Waals surface area contributed by atoms with Gasteiger partial charge in [0.2, 0.25) is 0 Å². The van der Waals surface area contributed by atoms with E-state index in [0.717, 1.165) is 0 Å². The Hall–Kier alpha value is -1.94. The van der Waals surface area contributed by atoms with Gasteiger partial charge in [0, 0.05) is 6.20 Å². The van der Waals surface area contributed by atoms with Crippen LogP contribution in [0.2, 0.25) is 0 Å². The van der Waals surface area contributed by atoms with Crippen molar-refractivity contribution in [1.29, 1.82) is 0 Å². The van der Waals surface area contributed by atoms with Crippen molar-refractivity contribution in [3.05, 3.63) is 48.3 Å². The maximum Gasteiger partial charge on any atom is 0.354 e. The number of hydrogen-bond donors (Lipinski definition) is 1. The Morgan fingerprint density at radius 2 is 1.81 bits per heavy atom. The minimum Gasteiger partial charge on any atom is -0.477 e. The molecule has 0 aliphatic heterocycles. The number of rotatable bonds is 2. The molecule has 1 N–H and O–H groups in total. The standard InChI is InChI=1S/C11H8N2O2.ClH/c14-11(15)10-6-3-5-9(13-10)8-4-1-2-7-12-8;/h1-7H,(H,14,15);1H. The van der Waals surface area contributed by atoms with Gasteiger partial charge < -0.3 is 5.11 Å². The number of hydrogen-bond acceptors (Lipinski definition) is 3. The van der Waals surface area contributed by atoms with Gasteiger partial charge in [-0.1, -0.05) is 12.1 Å². The van der Waals surface area contributed by atoms with Crippen LogP contribution < -0.4 is 0 Å². The molecule has 5 heteroatoms. The van der Waals surface area contributed by atoms with E-state index in [-0.39, 0.29) is 18.1 Å². The molecule has 0 bridgehead atoms. The summed E-state index contributed by atoms with van der Waals surface area (Å²) in [4.78, 5) is 18.8. The zero-order valence-electron chi connectivity index (χ0n) is 8.20. The van der Waals surface area contributed by atoms with Gasteiger partial charge >= 0.3 is 5.97 Å². The van der Waals surface area contributed by atoms with Crippen LogP contribution in [0.5, 0.6) is 0 Å². The summed E-state index contributed by atoms with van der Waals surface area (Å²) in [5.74, 6) is -1.03. The Balaban J connectivity index is 0.00000128. The van der Waals surface area contributed by atoms with E-state index in [1.807, 2.05) is 6.07 Å². The van der Waals surface area contributed by atoms with Crippen LogP contribution in [-0.2, 0) is 0 Å². The topological polar surface area (TPSA) is 63.1 Å². The predicted octanol–water partition coefficient (Wildman–Crippen LogP) is 2.26. The van der Waals surface area contributed by atoms with Crippen molar-refractivity contribution in [2.24, 2.45) is 0 Å². The van der Waals surface area contributed by atoms with E-state index in [1.54, 1.807) is 30.5 Å². The third-order valence-electron chi connectivity index (χ3n) is 1.90. The third kappa shape index (κ3) is 2.55. The monoisotopic (exact) mass is 236 g/mol. The fraction of sp³-hybridized carbons (Fsp3) is 0. The molecule has 0 saturated heterocycles. The van der Waals surface area contributed by atoms with E-state index in [4.69, 9.17) is 5.11 Å². The average molecular weight is 237 g/mol. The molecule has 2 rings (SSSR count). The van der Waals surface area contributed by atoms with Gasteiger partial charge in [-0.05, 0) is 24.3 Å². The highest BCUT2D eigenvalue weighted by Gasteiger charge is 2.06. The lowest BCUT2D eigenvalue weighted by atomic mass is 10.2. The first-order chi connectivity index (χ1) is 7.27. The summed E-state index contributed by atoms with van der Waals surface area (Å²) >= 11 is 0. The largest absolute Gasteiger partial charge is 0.477 e. The quantitative estimate of drug-likeness (QED) is 0.869. The second-order valence-corrected chi connectivity index (χ2v) is 2.93. The number of halogens is 1. The highest BCUT2D eigenvalue weighted by atomic mass is 35.5. The zero-order chi connectivity index (χ0) is 10.7. The Labute approximate surface area is 98.4 Å². The van der Waals surface area contributed by atoms with Crippen LogP contribution >= 0.6 is 12.4 Å². The molecule has 4 nitrogen and oxygen atoms in total. The molecule has 82 valence electrons. The van der Waals surface area contributed by atoms with Crippen molar-refractivity contribution in [1.82, 2.24) is 9.97 Å². The maximum absolute atomic E-state index is 10.7. The Bertz CT molecular complexity index is 488. The van der Waals surface area contributed by atoms with Crippen LogP contribution in [0.3, 0.4) is 0 Å². The van der Waals surface area contributed by atoms with E-state index in [1.165, 1.54) is 6.07 Å². The molecule has 0 spiro atoms. The van der Waals surface area contributed by atoms with Crippen LogP contribution in [0.15, 0.2) is 42.6 Å². The molecule has 2 aromatic rings. The molecule has 0 amide bonds. The van der Waals surface area contributed by atoms with Crippen molar-refractivity contribution >= 4 is 18.4 Å². The summed E-state index contributed by atoms with van der Waals surface area (Å²) in [5, 5.41) is 8.77. The van der Waals surface area contributed by atoms with Crippen LogP contribution in [-0.4, -0.2) is 21.0 Å². The second-order valence-electron chi connectivity index (χ2n) is 2.93. The molecule has 0 radical (unpaired) electrons. The second kappa shape index (κ2) is 5.23. The summed E-state index contributed by atoms with van der Waals surface area (Å²) < 4.78 is 0. The smallest absolute Gasteiger partial charge is 0.354 e. The van der Waals surface area contributed by atoms with Crippen molar-refractivity contribution in [2.75, 3.05) is 0 Å². The zero-order valence-corrected chi connectivity index (χ0v) is 9.02. The summed E-state index contributed by atoms with van der Waals surface area (Å²) in [7, 11) is 0. The van der Waals surface area contributed by atoms with Gasteiger partial charge in [-0.25, -0.2) is 9.78 Å². The summed E-state index contributed by atoms with van der Waals surface area (Å²) in [6, 6.07) is 10.2. The number of aromatic nitrogens is 2. The SMILES string of the molecule is Cl.O=C(O)c1cccc(-c2ccccn2)n1. The minimum absolute atomic E-state index is 0. The molecular formula is C11H9ClN2O2. The number of pyridine rings is 2. The number of carboxylic acids is 1. The minimum atomic E-state index is -1.03. The van der Waals surface area contributed by atoms with E-state index in [9.17, 15) is 4.79 Å². The Kier molecular flexibility index (Phi) is 3.96. The lowest BCUT2D eigenvalue weighted by molar-refractivity contribution is 0.0690. The molecule has 0 atom stereocenters. The molecule has 0 aliphatic carbocycles. The van der Waals surface area contributed by atoms with Crippen molar-refractivity contribution in [3.8, 4) is 11.4 Å². The van der Waals surface area contributed by atoms with Crippen molar-refractivity contribution < 1.29 is 9.90 Å². The third-order valence-corrected chi connectivity index (χ3v) is 1.90. The Morgan fingerprint density at radius 1 is 1.06 bits per heavy atom. The van der Waals surface area contributed by atoms with Gasteiger partial charge in [0.25, 0.3) is 0 Å². The van der Waals surface area contributed by atoms with E-state index in [0.29, 0.717) is 11.4 Å². The van der Waals surface area contributed by atoms with Crippen LogP contribution in [0.25, 0.3) is 11.4 Å². The lowest BCUT2D eigenvalue weighted by Crippen LogP contribution is -2.00. The molecule has 2 aromatic heterocycles. The fourth-order valence-electron chi connectivity index (χ4n) is 1.21. The highest BCUT2D eigenvalue weighted by molar-refractivity contribution is 5.86. The van der Waals surface area contributed by atoms with Gasteiger partial charge in [-0.15, -0.1) is 12.4 Å². The molecule has 0 aliphatic rings. The van der Waals surface area contributed by atoms with Gasteiger partial charge in [0.05, 0.1) is 11.4 Å². The van der Waals surface area contributed by atoms with Crippen LogP contribution in [0.1, 0.15) is 10.5 Å². The summed E-state index contributed by atoms with van der Waals surface area (Å²) in [6.45, 7) is 0. The Morgan fingerprint density at radius 3 is 2.44 bits per heavy atom. The number of carbonyl (C=O) groups is 1. The molecule has 0 saturated carbocycles. The number of carboxylic acid groups (broad SMARTS) is 1. The molecule has 16 heavy (non-hydrogen) atoms. The molecule has 0 unspecified atom stereocenters. The van der Waals surface area contributed by atoms with Crippen LogP contribution in [0, 0.1) is 0 Å². The molecular weight excluding hydrogens is 228 g/mol. The highest BCUT2D eigenvalue weighted by Crippen LogP contribution is 2.13. The average Bonchev–Trinajstić information content (AvgIpc) is 2.30. The first-order valence-corrected chi connectivity index (χ1v) is 4.39. The van der Waals surface area contributed by atoms with E-state index < -0.39 is 5.97 Å². The van der Waals surface area contributed by atoms with Gasteiger partial charge in [0.15, 0.2) is 0 Å². The maximum atomic E-state index is 10.7. The predicted molar refractivity (Wildman–Crippen MR) is 61.7 cm³/mol. The van der Waals surface area contributed by atoms with E-state index >= 15 is 0 Å². The first-order valence-electron chi connectivity index (χ1n) is 4.39. The fourth-order valence-corrected chi connectivity index (χ4v) is 1.21. The normalized spacial score (nSPS) is 9.25. The van der Waals surface area contributed by atoms with Gasteiger partial charge in [0.1, 0.15) is 5.69 Å². The van der Waals surface area contributed by atoms with Crippen LogP contribution in [0.4, 0.5) is 0 Å². The van der Waals surface area contributed by atoms with Crippen molar-refractivity contribution in [3.63, 3.8) is 0 Å². The summed E-state index contributed by atoms with van der Waals surface area (Å²) in [6.07, 6.45) is 1.64. The van der Waals surface area contributed by atoms with Crippen molar-refractivity contribution in [2.45, 2.75) is 0 Å². The van der Waals surface area contributed by atoms with Gasteiger partial charge in [-0.2, -0.15) is 0 Å². The number of nitrogens with zero attached hydrogens (tertiary/aromatic N) is 2. The van der Waals surface area contributed by atoms with Gasteiger partial charge in [-0.3, -0.25) is 4.98 Å². The molecule has 0 aromatic carbocycles. The summed E-state index contributed by atoms with van der Waals surface area (Å²) in [5.41, 5.74) is 1.26. The van der Waals surface area contributed by atoms with E-state index in [2.05, 4.69) is 9.97 Å².